The molecule has 0 radical (unpaired) electrons. The first kappa shape index (κ1) is 25.5. The summed E-state index contributed by atoms with van der Waals surface area (Å²) in [5.74, 6) is 0.916. The number of rotatable bonds is 9. The van der Waals surface area contributed by atoms with E-state index in [0.717, 1.165) is 11.1 Å². The van der Waals surface area contributed by atoms with Crippen molar-refractivity contribution >= 4 is 23.4 Å². The Morgan fingerprint density at radius 1 is 1.06 bits per heavy atom. The van der Waals surface area contributed by atoms with Crippen molar-refractivity contribution in [2.75, 3.05) is 14.2 Å². The topological polar surface area (TPSA) is 67.9 Å². The normalized spacial score (nSPS) is 12.1. The molecule has 1 N–H and O–H groups in total. The molecule has 2 rings (SSSR count). The number of methoxy groups -OCH3 is 2. The van der Waals surface area contributed by atoms with Gasteiger partial charge >= 0.3 is 0 Å². The van der Waals surface area contributed by atoms with Crippen LogP contribution in [-0.4, -0.2) is 42.5 Å². The smallest absolute Gasteiger partial charge is 0.242 e. The summed E-state index contributed by atoms with van der Waals surface area (Å²) in [6.07, 6.45) is 0.749. The summed E-state index contributed by atoms with van der Waals surface area (Å²) in [4.78, 5) is 27.7. The van der Waals surface area contributed by atoms with Gasteiger partial charge in [0.2, 0.25) is 11.8 Å². The van der Waals surface area contributed by atoms with Gasteiger partial charge in [-0.15, -0.1) is 0 Å². The second-order valence-electron chi connectivity index (χ2n) is 8.72. The second kappa shape index (κ2) is 11.2. The van der Waals surface area contributed by atoms with Crippen LogP contribution in [-0.2, 0) is 22.6 Å². The molecule has 0 aliphatic rings. The Morgan fingerprint density at radius 3 is 2.31 bits per heavy atom. The van der Waals surface area contributed by atoms with E-state index in [9.17, 15) is 9.59 Å². The van der Waals surface area contributed by atoms with Crippen LogP contribution in [0.4, 0.5) is 0 Å². The zero-order chi connectivity index (χ0) is 23.9. The lowest BCUT2D eigenvalue weighted by atomic mass is 10.1. The largest absolute Gasteiger partial charge is 0.493 e. The van der Waals surface area contributed by atoms with Crippen LogP contribution in [0.3, 0.4) is 0 Å². The van der Waals surface area contributed by atoms with Gasteiger partial charge in [0, 0.05) is 23.5 Å². The molecule has 2 aromatic carbocycles. The Bertz CT molecular complexity index is 940. The number of benzene rings is 2. The minimum absolute atomic E-state index is 0.128. The third-order valence-electron chi connectivity index (χ3n) is 5.04. The predicted octanol–water partition coefficient (Wildman–Crippen LogP) is 4.62. The third-order valence-corrected chi connectivity index (χ3v) is 5.41. The molecule has 0 saturated carbocycles. The van der Waals surface area contributed by atoms with Crippen LogP contribution in [0.25, 0.3) is 0 Å². The molecule has 7 heteroatoms. The summed E-state index contributed by atoms with van der Waals surface area (Å²) in [6, 6.07) is 12.3. The average Bonchev–Trinajstić information content (AvgIpc) is 2.75. The molecule has 0 bridgehead atoms. The number of hydrogen-bond donors (Lipinski definition) is 1. The number of nitrogens with one attached hydrogen (secondary N) is 1. The van der Waals surface area contributed by atoms with Crippen molar-refractivity contribution < 1.29 is 19.1 Å². The van der Waals surface area contributed by atoms with Crippen LogP contribution in [0.5, 0.6) is 11.5 Å². The fourth-order valence-electron chi connectivity index (χ4n) is 3.30. The summed E-state index contributed by atoms with van der Waals surface area (Å²) in [7, 11) is 3.16. The number of ether oxygens (including phenoxy) is 2. The van der Waals surface area contributed by atoms with E-state index in [1.807, 2.05) is 57.2 Å². The molecular formula is C25H33ClN2O4. The molecule has 0 fully saturated rings. The van der Waals surface area contributed by atoms with Gasteiger partial charge in [0.15, 0.2) is 11.5 Å². The summed E-state index contributed by atoms with van der Waals surface area (Å²) in [6.45, 7) is 7.73. The highest BCUT2D eigenvalue weighted by Gasteiger charge is 2.28. The molecule has 2 amide bonds. The van der Waals surface area contributed by atoms with E-state index in [2.05, 4.69) is 5.32 Å². The number of aryl methyl sites for hydroxylation is 1. The zero-order valence-electron chi connectivity index (χ0n) is 19.7. The van der Waals surface area contributed by atoms with Crippen molar-refractivity contribution in [3.63, 3.8) is 0 Å². The van der Waals surface area contributed by atoms with Gasteiger partial charge in [-0.2, -0.15) is 0 Å². The van der Waals surface area contributed by atoms with Gasteiger partial charge in [-0.3, -0.25) is 9.59 Å². The fourth-order valence-corrected chi connectivity index (χ4v) is 3.49. The van der Waals surface area contributed by atoms with Crippen molar-refractivity contribution in [3.8, 4) is 11.5 Å². The summed E-state index contributed by atoms with van der Waals surface area (Å²) >= 11 is 6.33. The second-order valence-corrected chi connectivity index (χ2v) is 9.12. The van der Waals surface area contributed by atoms with E-state index in [1.54, 1.807) is 32.1 Å². The molecule has 0 aliphatic heterocycles. The monoisotopic (exact) mass is 460 g/mol. The van der Waals surface area contributed by atoms with Gasteiger partial charge in [-0.05, 0) is 63.4 Å². The van der Waals surface area contributed by atoms with Crippen LogP contribution in [0.15, 0.2) is 42.5 Å². The van der Waals surface area contributed by atoms with Crippen molar-refractivity contribution in [1.29, 1.82) is 0 Å². The molecule has 0 aromatic heterocycles. The number of hydrogen-bond acceptors (Lipinski definition) is 4. The molecule has 32 heavy (non-hydrogen) atoms. The van der Waals surface area contributed by atoms with Crippen LogP contribution in [0.2, 0.25) is 5.02 Å². The Balaban J connectivity index is 2.21. The Hall–Kier alpha value is -2.73. The quantitative estimate of drug-likeness (QED) is 0.592. The highest BCUT2D eigenvalue weighted by atomic mass is 35.5. The first-order valence-corrected chi connectivity index (χ1v) is 11.0. The van der Waals surface area contributed by atoms with Gasteiger partial charge in [0.05, 0.1) is 14.2 Å². The predicted molar refractivity (Wildman–Crippen MR) is 127 cm³/mol. The van der Waals surface area contributed by atoms with Gasteiger partial charge in [-0.1, -0.05) is 35.9 Å². The molecule has 174 valence electrons. The maximum absolute atomic E-state index is 13.3. The minimum atomic E-state index is -0.650. The first-order chi connectivity index (χ1) is 15.1. The van der Waals surface area contributed by atoms with Crippen molar-refractivity contribution in [1.82, 2.24) is 10.2 Å². The lowest BCUT2D eigenvalue weighted by molar-refractivity contribution is -0.141. The van der Waals surface area contributed by atoms with E-state index in [0.29, 0.717) is 22.9 Å². The first-order valence-electron chi connectivity index (χ1n) is 10.6. The lowest BCUT2D eigenvalue weighted by Crippen LogP contribution is -2.52. The number of halogens is 1. The summed E-state index contributed by atoms with van der Waals surface area (Å²) in [5, 5.41) is 3.52. The molecule has 0 heterocycles. The molecule has 0 unspecified atom stereocenters. The highest BCUT2D eigenvalue weighted by molar-refractivity contribution is 6.31. The number of nitrogens with zero attached hydrogens (tertiary/aromatic N) is 1. The van der Waals surface area contributed by atoms with Gasteiger partial charge in [0.1, 0.15) is 6.04 Å². The molecule has 2 aromatic rings. The van der Waals surface area contributed by atoms with E-state index in [-0.39, 0.29) is 24.8 Å². The van der Waals surface area contributed by atoms with E-state index in [4.69, 9.17) is 21.1 Å². The summed E-state index contributed by atoms with van der Waals surface area (Å²) in [5.41, 5.74) is 1.34. The zero-order valence-corrected chi connectivity index (χ0v) is 20.5. The summed E-state index contributed by atoms with van der Waals surface area (Å²) < 4.78 is 10.6. The van der Waals surface area contributed by atoms with Crippen molar-refractivity contribution in [2.45, 2.75) is 58.7 Å². The number of amides is 2. The SMILES string of the molecule is COc1ccc(CCC(=O)N(Cc2ccccc2Cl)[C@@H](C)C(=O)NC(C)(C)C)cc1OC. The lowest BCUT2D eigenvalue weighted by Gasteiger charge is -2.31. The van der Waals surface area contributed by atoms with Crippen molar-refractivity contribution in [3.05, 3.63) is 58.6 Å². The maximum atomic E-state index is 13.3. The minimum Gasteiger partial charge on any atom is -0.493 e. The number of carbonyl (C=O) groups excluding carboxylic acids is 2. The fraction of sp³-hybridized carbons (Fsp3) is 0.440. The van der Waals surface area contributed by atoms with Crippen LogP contribution >= 0.6 is 11.6 Å². The third kappa shape index (κ3) is 7.16. The van der Waals surface area contributed by atoms with E-state index in [1.165, 1.54) is 0 Å². The Morgan fingerprint density at radius 2 is 1.72 bits per heavy atom. The van der Waals surface area contributed by atoms with E-state index >= 15 is 0 Å². The standard InChI is InChI=1S/C25H33ClN2O4/c1-17(24(30)27-25(2,3)4)28(16-19-9-7-8-10-20(19)26)23(29)14-12-18-11-13-21(31-5)22(15-18)32-6/h7-11,13,15,17H,12,14,16H2,1-6H3,(H,27,30)/t17-/m0/s1. The number of carbonyl (C=O) groups is 2. The van der Waals surface area contributed by atoms with Gasteiger partial charge in [-0.25, -0.2) is 0 Å². The van der Waals surface area contributed by atoms with Crippen LogP contribution < -0.4 is 14.8 Å². The Labute approximate surface area is 195 Å². The van der Waals surface area contributed by atoms with Gasteiger partial charge < -0.3 is 19.7 Å². The molecule has 0 spiro atoms. The Kier molecular flexibility index (Phi) is 8.96. The molecule has 1 atom stereocenters. The van der Waals surface area contributed by atoms with Gasteiger partial charge in [0.25, 0.3) is 0 Å². The molecule has 6 nitrogen and oxygen atoms in total. The maximum Gasteiger partial charge on any atom is 0.242 e. The van der Waals surface area contributed by atoms with Crippen LogP contribution in [0, 0.1) is 0 Å². The van der Waals surface area contributed by atoms with E-state index < -0.39 is 11.6 Å². The molecule has 0 saturated heterocycles. The molecule has 0 aliphatic carbocycles. The van der Waals surface area contributed by atoms with Crippen LogP contribution in [0.1, 0.15) is 45.2 Å². The highest BCUT2D eigenvalue weighted by Crippen LogP contribution is 2.28. The van der Waals surface area contributed by atoms with Crippen molar-refractivity contribution in [2.24, 2.45) is 0 Å². The molecular weight excluding hydrogens is 428 g/mol. The average molecular weight is 461 g/mol.